The lowest BCUT2D eigenvalue weighted by Gasteiger charge is -2.30. The fraction of sp³-hybridized carbons (Fsp3) is 0.250. The molecule has 0 aliphatic carbocycles. The second-order valence-electron chi connectivity index (χ2n) is 6.49. The number of H-pyrrole nitrogens is 1. The summed E-state index contributed by atoms with van der Waals surface area (Å²) in [4.78, 5) is 15.2. The smallest absolute Gasteiger partial charge is 0.321 e. The average molecular weight is 387 g/mol. The first-order valence-electron chi connectivity index (χ1n) is 8.53. The van der Waals surface area contributed by atoms with E-state index in [2.05, 4.69) is 10.3 Å². The van der Waals surface area contributed by atoms with Gasteiger partial charge in [0.2, 0.25) is 0 Å². The number of carboxylic acid groups (broad SMARTS) is 1. The summed E-state index contributed by atoms with van der Waals surface area (Å²) in [5, 5.41) is 14.3. The van der Waals surface area contributed by atoms with Crippen LogP contribution < -0.4 is 14.8 Å². The molecule has 0 bridgehead atoms. The molecule has 0 amide bonds. The van der Waals surface area contributed by atoms with Gasteiger partial charge in [-0.25, -0.2) is 0 Å². The van der Waals surface area contributed by atoms with E-state index < -0.39 is 18.1 Å². The van der Waals surface area contributed by atoms with Crippen molar-refractivity contribution in [3.63, 3.8) is 0 Å². The zero-order valence-corrected chi connectivity index (χ0v) is 15.6. The largest absolute Gasteiger partial charge is 0.496 e. The number of benzene rings is 2. The van der Waals surface area contributed by atoms with Gasteiger partial charge >= 0.3 is 5.97 Å². The number of para-hydroxylation sites is 1. The van der Waals surface area contributed by atoms with Crippen molar-refractivity contribution in [2.75, 3.05) is 14.2 Å². The van der Waals surface area contributed by atoms with Gasteiger partial charge in [0.05, 0.1) is 25.3 Å². The first-order valence-corrected chi connectivity index (χ1v) is 8.91. The second-order valence-corrected chi connectivity index (χ2v) is 6.89. The third kappa shape index (κ3) is 2.91. The van der Waals surface area contributed by atoms with Crippen molar-refractivity contribution in [1.29, 1.82) is 0 Å². The van der Waals surface area contributed by atoms with E-state index >= 15 is 0 Å². The molecular formula is C20H19ClN2O4. The van der Waals surface area contributed by atoms with Crippen LogP contribution in [0.5, 0.6) is 11.5 Å². The molecule has 0 saturated heterocycles. The molecule has 140 valence electrons. The highest BCUT2D eigenvalue weighted by molar-refractivity contribution is 6.32. The number of aromatic amines is 1. The zero-order chi connectivity index (χ0) is 19.1. The first-order chi connectivity index (χ1) is 13.0. The second kappa shape index (κ2) is 6.79. The molecule has 7 heteroatoms. The molecule has 0 spiro atoms. The molecule has 0 saturated carbocycles. The molecule has 2 unspecified atom stereocenters. The van der Waals surface area contributed by atoms with Crippen LogP contribution in [-0.4, -0.2) is 36.3 Å². The van der Waals surface area contributed by atoms with E-state index in [-0.39, 0.29) is 0 Å². The van der Waals surface area contributed by atoms with Gasteiger partial charge in [-0.15, -0.1) is 0 Å². The summed E-state index contributed by atoms with van der Waals surface area (Å²) < 4.78 is 10.8. The van der Waals surface area contributed by atoms with Gasteiger partial charge in [-0.2, -0.15) is 0 Å². The van der Waals surface area contributed by atoms with Gasteiger partial charge in [0.1, 0.15) is 17.5 Å². The summed E-state index contributed by atoms with van der Waals surface area (Å²) in [5.41, 5.74) is 3.64. The number of rotatable bonds is 4. The van der Waals surface area contributed by atoms with E-state index in [0.29, 0.717) is 22.9 Å². The lowest BCUT2D eigenvalue weighted by Crippen LogP contribution is -2.45. The monoisotopic (exact) mass is 386 g/mol. The van der Waals surface area contributed by atoms with Gasteiger partial charge in [-0.1, -0.05) is 29.8 Å². The summed E-state index contributed by atoms with van der Waals surface area (Å²) >= 11 is 6.35. The number of carboxylic acids is 1. The van der Waals surface area contributed by atoms with Crippen molar-refractivity contribution in [3.05, 3.63) is 58.2 Å². The quantitative estimate of drug-likeness (QED) is 0.639. The molecule has 2 aromatic carbocycles. The van der Waals surface area contributed by atoms with Crippen LogP contribution in [0.25, 0.3) is 10.9 Å². The normalized spacial score (nSPS) is 18.9. The third-order valence-electron chi connectivity index (χ3n) is 5.02. The van der Waals surface area contributed by atoms with Gasteiger partial charge in [0.15, 0.2) is 0 Å². The lowest BCUT2D eigenvalue weighted by molar-refractivity contribution is -0.139. The molecule has 1 aromatic heterocycles. The predicted molar refractivity (Wildman–Crippen MR) is 103 cm³/mol. The molecule has 0 radical (unpaired) electrons. The van der Waals surface area contributed by atoms with Gasteiger partial charge in [0, 0.05) is 34.6 Å². The Morgan fingerprint density at radius 3 is 2.63 bits per heavy atom. The van der Waals surface area contributed by atoms with Crippen molar-refractivity contribution in [2.45, 2.75) is 18.5 Å². The van der Waals surface area contributed by atoms with Crippen LogP contribution in [-0.2, 0) is 11.2 Å². The molecule has 27 heavy (non-hydrogen) atoms. The van der Waals surface area contributed by atoms with E-state index in [0.717, 1.165) is 27.7 Å². The number of hydrogen-bond donors (Lipinski definition) is 3. The summed E-state index contributed by atoms with van der Waals surface area (Å²) in [5.74, 6) is 0.179. The zero-order valence-electron chi connectivity index (χ0n) is 14.9. The molecule has 1 aliphatic heterocycles. The van der Waals surface area contributed by atoms with Crippen LogP contribution >= 0.6 is 11.6 Å². The minimum absolute atomic E-state index is 0.400. The standard InChI is InChI=1S/C20H19ClN2O4/c1-26-16-9-17(27-2)13(21)7-12(16)19-18-11(8-15(23-19)20(24)25)10-5-3-4-6-14(10)22-18/h3-7,9,15,19,22-23H,8H2,1-2H3,(H,24,25). The number of aliphatic carboxylic acids is 1. The minimum atomic E-state index is -0.894. The minimum Gasteiger partial charge on any atom is -0.496 e. The average Bonchev–Trinajstić information content (AvgIpc) is 3.05. The number of methoxy groups -OCH3 is 2. The molecule has 3 aromatic rings. The summed E-state index contributed by atoms with van der Waals surface area (Å²) in [7, 11) is 3.10. The fourth-order valence-corrected chi connectivity index (χ4v) is 4.00. The van der Waals surface area contributed by atoms with Gasteiger partial charge in [-0.3, -0.25) is 10.1 Å². The number of ether oxygens (including phenoxy) is 2. The van der Waals surface area contributed by atoms with Crippen LogP contribution in [0.4, 0.5) is 0 Å². The Morgan fingerprint density at radius 2 is 1.93 bits per heavy atom. The molecule has 2 atom stereocenters. The van der Waals surface area contributed by atoms with Crippen LogP contribution in [0, 0.1) is 0 Å². The van der Waals surface area contributed by atoms with E-state index in [4.69, 9.17) is 21.1 Å². The number of hydrogen-bond acceptors (Lipinski definition) is 4. The SMILES string of the molecule is COc1cc(OC)c(C2NC(C(=O)O)Cc3c2[nH]c2ccccc32)cc1Cl. The van der Waals surface area contributed by atoms with Gasteiger partial charge in [0.25, 0.3) is 0 Å². The van der Waals surface area contributed by atoms with E-state index in [1.54, 1.807) is 19.2 Å². The number of halogens is 1. The van der Waals surface area contributed by atoms with Gasteiger partial charge < -0.3 is 19.6 Å². The van der Waals surface area contributed by atoms with Crippen LogP contribution in [0.15, 0.2) is 36.4 Å². The molecule has 0 fully saturated rings. The molecule has 6 nitrogen and oxygen atoms in total. The Labute approximate surface area is 161 Å². The Hall–Kier alpha value is -2.70. The first kappa shape index (κ1) is 17.7. The van der Waals surface area contributed by atoms with Gasteiger partial charge in [-0.05, 0) is 17.7 Å². The Bertz CT molecular complexity index is 1030. The van der Waals surface area contributed by atoms with Crippen molar-refractivity contribution in [1.82, 2.24) is 10.3 Å². The fourth-order valence-electron chi connectivity index (χ4n) is 3.75. The Kier molecular flexibility index (Phi) is 4.45. The molecule has 3 N–H and O–H groups in total. The highest BCUT2D eigenvalue weighted by Gasteiger charge is 2.35. The van der Waals surface area contributed by atoms with Crippen LogP contribution in [0.2, 0.25) is 5.02 Å². The lowest BCUT2D eigenvalue weighted by atomic mass is 9.90. The van der Waals surface area contributed by atoms with Crippen molar-refractivity contribution in [3.8, 4) is 11.5 Å². The summed E-state index contributed by atoms with van der Waals surface area (Å²) in [6, 6.07) is 10.2. The van der Waals surface area contributed by atoms with Crippen molar-refractivity contribution in [2.24, 2.45) is 0 Å². The summed E-state index contributed by atoms with van der Waals surface area (Å²) in [6.07, 6.45) is 0.400. The molecular weight excluding hydrogens is 368 g/mol. The topological polar surface area (TPSA) is 83.6 Å². The highest BCUT2D eigenvalue weighted by atomic mass is 35.5. The highest BCUT2D eigenvalue weighted by Crippen LogP contribution is 2.41. The van der Waals surface area contributed by atoms with E-state index in [9.17, 15) is 9.90 Å². The molecule has 2 heterocycles. The number of aromatic nitrogens is 1. The third-order valence-corrected chi connectivity index (χ3v) is 5.32. The Balaban J connectivity index is 1.93. The maximum absolute atomic E-state index is 11.8. The maximum Gasteiger partial charge on any atom is 0.321 e. The maximum atomic E-state index is 11.8. The molecule has 1 aliphatic rings. The van der Waals surface area contributed by atoms with Crippen molar-refractivity contribution < 1.29 is 19.4 Å². The molecule has 4 rings (SSSR count). The van der Waals surface area contributed by atoms with E-state index in [1.807, 2.05) is 24.3 Å². The van der Waals surface area contributed by atoms with Crippen molar-refractivity contribution >= 4 is 28.5 Å². The Morgan fingerprint density at radius 1 is 1.19 bits per heavy atom. The van der Waals surface area contributed by atoms with E-state index in [1.165, 1.54) is 7.11 Å². The predicted octanol–water partition coefficient (Wildman–Crippen LogP) is 3.53. The number of fused-ring (bicyclic) bond motifs is 3. The number of nitrogens with one attached hydrogen (secondary N) is 2. The van der Waals surface area contributed by atoms with Crippen LogP contribution in [0.3, 0.4) is 0 Å². The summed E-state index contributed by atoms with van der Waals surface area (Å²) in [6.45, 7) is 0. The number of carbonyl (C=O) groups is 1. The van der Waals surface area contributed by atoms with Crippen LogP contribution in [0.1, 0.15) is 22.9 Å².